The summed E-state index contributed by atoms with van der Waals surface area (Å²) in [5, 5.41) is 14.9. The lowest BCUT2D eigenvalue weighted by molar-refractivity contribution is -0.385. The molecule has 0 aliphatic carbocycles. The largest absolute Gasteiger partial charge is 0.376 e. The van der Waals surface area contributed by atoms with Gasteiger partial charge < -0.3 is 5.32 Å². The fourth-order valence-corrected chi connectivity index (χ4v) is 3.27. The van der Waals surface area contributed by atoms with Gasteiger partial charge in [-0.05, 0) is 17.7 Å². The highest BCUT2D eigenvalue weighted by molar-refractivity contribution is 6.04. The number of benzene rings is 3. The van der Waals surface area contributed by atoms with Gasteiger partial charge in [0.1, 0.15) is 0 Å². The molecule has 0 unspecified atom stereocenters. The molecule has 5 nitrogen and oxygen atoms in total. The Morgan fingerprint density at radius 1 is 0.923 bits per heavy atom. The number of nitrogens with one attached hydrogen (secondary N) is 1. The Balaban J connectivity index is 1.84. The van der Waals surface area contributed by atoms with E-state index in [2.05, 4.69) is 5.32 Å². The minimum atomic E-state index is -0.326. The number of nitro benzene ring substituents is 1. The maximum Gasteiger partial charge on any atom is 0.274 e. The zero-order valence-corrected chi connectivity index (χ0v) is 14.0. The van der Waals surface area contributed by atoms with Crippen molar-refractivity contribution in [3.63, 3.8) is 0 Å². The first-order chi connectivity index (χ1) is 12.7. The molecule has 0 fully saturated rings. The third kappa shape index (κ3) is 3.07. The van der Waals surface area contributed by atoms with Crippen LogP contribution in [0.25, 0.3) is 0 Å². The van der Waals surface area contributed by atoms with Crippen LogP contribution in [-0.4, -0.2) is 10.6 Å². The number of fused-ring (bicyclic) bond motifs is 1. The summed E-state index contributed by atoms with van der Waals surface area (Å²) in [6, 6.07) is 24.4. The van der Waals surface area contributed by atoms with Gasteiger partial charge in [0.25, 0.3) is 5.69 Å². The zero-order chi connectivity index (χ0) is 17.9. The molecule has 1 N–H and O–H groups in total. The van der Waals surface area contributed by atoms with Crippen molar-refractivity contribution in [2.75, 3.05) is 5.32 Å². The summed E-state index contributed by atoms with van der Waals surface area (Å²) in [6.45, 7) is 0. The van der Waals surface area contributed by atoms with Crippen LogP contribution in [0.3, 0.4) is 0 Å². The van der Waals surface area contributed by atoms with E-state index >= 15 is 0 Å². The molecule has 0 aromatic heterocycles. The van der Waals surface area contributed by atoms with E-state index in [4.69, 9.17) is 4.99 Å². The second-order valence-corrected chi connectivity index (χ2v) is 6.16. The Hall–Kier alpha value is -3.47. The second kappa shape index (κ2) is 6.80. The molecule has 0 saturated carbocycles. The Labute approximate surface area is 151 Å². The quantitative estimate of drug-likeness (QED) is 0.520. The fourth-order valence-electron chi connectivity index (χ4n) is 3.27. The van der Waals surface area contributed by atoms with Crippen LogP contribution < -0.4 is 5.32 Å². The van der Waals surface area contributed by atoms with Gasteiger partial charge in [-0.1, -0.05) is 60.7 Å². The van der Waals surface area contributed by atoms with Crippen molar-refractivity contribution in [1.82, 2.24) is 0 Å². The topological polar surface area (TPSA) is 67.5 Å². The summed E-state index contributed by atoms with van der Waals surface area (Å²) in [6.07, 6.45) is 0.559. The molecule has 128 valence electrons. The van der Waals surface area contributed by atoms with Crippen molar-refractivity contribution < 1.29 is 4.92 Å². The molecule has 0 saturated heterocycles. The Bertz CT molecular complexity index is 983. The number of para-hydroxylation sites is 3. The zero-order valence-electron chi connectivity index (χ0n) is 14.0. The van der Waals surface area contributed by atoms with Crippen LogP contribution in [0.15, 0.2) is 83.9 Å². The summed E-state index contributed by atoms with van der Waals surface area (Å²) in [5.74, 6) is 0. The predicted octanol–water partition coefficient (Wildman–Crippen LogP) is 5.27. The van der Waals surface area contributed by atoms with Crippen molar-refractivity contribution in [1.29, 1.82) is 0 Å². The minimum absolute atomic E-state index is 0.122. The third-order valence-electron chi connectivity index (χ3n) is 4.50. The highest BCUT2D eigenvalue weighted by Gasteiger charge is 2.26. The standard InChI is InChI=1S/C21H17N3O2/c25-24(26)21-13-7-4-10-16(21)20-14-19(15-8-2-1-3-9-15)22-17-11-5-6-12-18(17)23-20/h1-13,20,23H,14H2/t20-/m1/s1. The molecule has 3 aromatic carbocycles. The lowest BCUT2D eigenvalue weighted by Gasteiger charge is -2.19. The van der Waals surface area contributed by atoms with Gasteiger partial charge in [0.05, 0.1) is 33.6 Å². The van der Waals surface area contributed by atoms with Crippen LogP contribution in [0, 0.1) is 10.1 Å². The van der Waals surface area contributed by atoms with E-state index < -0.39 is 0 Å². The molecule has 1 aliphatic heterocycles. The molecule has 4 rings (SSSR count). The van der Waals surface area contributed by atoms with Gasteiger partial charge in [0, 0.05) is 12.5 Å². The Morgan fingerprint density at radius 2 is 1.62 bits per heavy atom. The monoisotopic (exact) mass is 343 g/mol. The van der Waals surface area contributed by atoms with Gasteiger partial charge in [-0.3, -0.25) is 15.1 Å². The minimum Gasteiger partial charge on any atom is -0.376 e. The maximum absolute atomic E-state index is 11.5. The molecule has 1 atom stereocenters. The third-order valence-corrected chi connectivity index (χ3v) is 4.50. The van der Waals surface area contributed by atoms with Crippen LogP contribution >= 0.6 is 0 Å². The predicted molar refractivity (Wildman–Crippen MR) is 103 cm³/mol. The van der Waals surface area contributed by atoms with Crippen molar-refractivity contribution in [2.45, 2.75) is 12.5 Å². The number of hydrogen-bond acceptors (Lipinski definition) is 4. The molecule has 1 heterocycles. The lowest BCUT2D eigenvalue weighted by atomic mass is 9.96. The Morgan fingerprint density at radius 3 is 2.42 bits per heavy atom. The Kier molecular flexibility index (Phi) is 4.19. The molecule has 3 aromatic rings. The molecule has 1 aliphatic rings. The molecule has 26 heavy (non-hydrogen) atoms. The average Bonchev–Trinajstić information content (AvgIpc) is 2.88. The fraction of sp³-hybridized carbons (Fsp3) is 0.0952. The highest BCUT2D eigenvalue weighted by atomic mass is 16.6. The van der Waals surface area contributed by atoms with Crippen molar-refractivity contribution >= 4 is 22.8 Å². The molecule has 5 heteroatoms. The summed E-state index contributed by atoms with van der Waals surface area (Å²) < 4.78 is 0. The van der Waals surface area contributed by atoms with E-state index in [0.29, 0.717) is 12.0 Å². The van der Waals surface area contributed by atoms with Crippen LogP contribution in [0.2, 0.25) is 0 Å². The van der Waals surface area contributed by atoms with E-state index in [1.165, 1.54) is 0 Å². The maximum atomic E-state index is 11.5. The summed E-state index contributed by atoms with van der Waals surface area (Å²) in [4.78, 5) is 16.0. The first kappa shape index (κ1) is 16.0. The van der Waals surface area contributed by atoms with Gasteiger partial charge in [0.2, 0.25) is 0 Å². The van der Waals surface area contributed by atoms with E-state index in [-0.39, 0.29) is 16.7 Å². The highest BCUT2D eigenvalue weighted by Crippen LogP contribution is 2.37. The molecular formula is C21H17N3O2. The van der Waals surface area contributed by atoms with Crippen LogP contribution in [-0.2, 0) is 0 Å². The first-order valence-electron chi connectivity index (χ1n) is 8.44. The van der Waals surface area contributed by atoms with Gasteiger partial charge in [-0.15, -0.1) is 0 Å². The number of anilines is 1. The summed E-state index contributed by atoms with van der Waals surface area (Å²) in [7, 11) is 0. The summed E-state index contributed by atoms with van der Waals surface area (Å²) in [5.41, 5.74) is 4.43. The van der Waals surface area contributed by atoms with E-state index in [0.717, 1.165) is 22.6 Å². The van der Waals surface area contributed by atoms with Gasteiger partial charge in [-0.2, -0.15) is 0 Å². The van der Waals surface area contributed by atoms with Crippen LogP contribution in [0.4, 0.5) is 17.1 Å². The van der Waals surface area contributed by atoms with Crippen LogP contribution in [0.5, 0.6) is 0 Å². The van der Waals surface area contributed by atoms with Gasteiger partial charge in [0.15, 0.2) is 0 Å². The van der Waals surface area contributed by atoms with E-state index in [1.54, 1.807) is 12.1 Å². The van der Waals surface area contributed by atoms with Gasteiger partial charge in [-0.25, -0.2) is 0 Å². The van der Waals surface area contributed by atoms with E-state index in [1.807, 2.05) is 66.7 Å². The SMILES string of the molecule is O=[N+]([O-])c1ccccc1[C@H]1CC(c2ccccc2)=Nc2ccccc2N1. The molecule has 0 spiro atoms. The molecule has 0 bridgehead atoms. The number of hydrogen-bond donors (Lipinski definition) is 1. The molecule has 0 radical (unpaired) electrons. The second-order valence-electron chi connectivity index (χ2n) is 6.16. The average molecular weight is 343 g/mol. The van der Waals surface area contributed by atoms with E-state index in [9.17, 15) is 10.1 Å². The molecule has 0 amide bonds. The summed E-state index contributed by atoms with van der Waals surface area (Å²) >= 11 is 0. The normalized spacial score (nSPS) is 16.0. The van der Waals surface area contributed by atoms with Crippen LogP contribution in [0.1, 0.15) is 23.6 Å². The number of rotatable bonds is 3. The first-order valence-corrected chi connectivity index (χ1v) is 8.44. The smallest absolute Gasteiger partial charge is 0.274 e. The number of nitrogens with zero attached hydrogens (tertiary/aromatic N) is 2. The molecular weight excluding hydrogens is 326 g/mol. The van der Waals surface area contributed by atoms with Crippen molar-refractivity contribution in [3.8, 4) is 0 Å². The number of nitro groups is 1. The van der Waals surface area contributed by atoms with Crippen molar-refractivity contribution in [2.24, 2.45) is 4.99 Å². The number of aliphatic imine (C=N–C) groups is 1. The van der Waals surface area contributed by atoms with Crippen molar-refractivity contribution in [3.05, 3.63) is 100 Å². The lowest BCUT2D eigenvalue weighted by Crippen LogP contribution is -2.15. The van der Waals surface area contributed by atoms with Gasteiger partial charge >= 0.3 is 0 Å².